The standard InChI is InChI=1S/C17H21NO3/c1-3-20-17(19)18-10-8-13(9-11-18)16-12(2)14-6-4-5-7-15(14)21-16/h4-7,13H,3,8-11H2,1-2H3. The highest BCUT2D eigenvalue weighted by molar-refractivity contribution is 5.82. The van der Waals surface area contributed by atoms with Gasteiger partial charge in [-0.2, -0.15) is 0 Å². The number of carbonyl (C=O) groups excluding carboxylic acids is 1. The molecule has 0 unspecified atom stereocenters. The fraction of sp³-hybridized carbons (Fsp3) is 0.471. The van der Waals surface area contributed by atoms with E-state index in [9.17, 15) is 4.79 Å². The fourth-order valence-electron chi connectivity index (χ4n) is 3.12. The van der Waals surface area contributed by atoms with Gasteiger partial charge in [0, 0.05) is 24.4 Å². The van der Waals surface area contributed by atoms with Gasteiger partial charge in [0.15, 0.2) is 0 Å². The van der Waals surface area contributed by atoms with E-state index in [0.29, 0.717) is 12.5 Å². The number of carbonyl (C=O) groups is 1. The van der Waals surface area contributed by atoms with Crippen LogP contribution in [0.5, 0.6) is 0 Å². The summed E-state index contributed by atoms with van der Waals surface area (Å²) in [4.78, 5) is 13.5. The van der Waals surface area contributed by atoms with Crippen molar-refractivity contribution in [3.8, 4) is 0 Å². The Bertz CT molecular complexity index is 639. The molecule has 3 rings (SSSR count). The van der Waals surface area contributed by atoms with Gasteiger partial charge in [0.25, 0.3) is 0 Å². The van der Waals surface area contributed by atoms with E-state index in [2.05, 4.69) is 13.0 Å². The molecule has 21 heavy (non-hydrogen) atoms. The first-order valence-electron chi connectivity index (χ1n) is 7.60. The lowest BCUT2D eigenvalue weighted by atomic mass is 9.92. The minimum absolute atomic E-state index is 0.197. The smallest absolute Gasteiger partial charge is 0.409 e. The molecule has 4 nitrogen and oxygen atoms in total. The van der Waals surface area contributed by atoms with Gasteiger partial charge in [-0.1, -0.05) is 18.2 Å². The summed E-state index contributed by atoms with van der Waals surface area (Å²) in [5, 5.41) is 1.19. The lowest BCUT2D eigenvalue weighted by Gasteiger charge is -2.30. The van der Waals surface area contributed by atoms with Gasteiger partial charge in [0.05, 0.1) is 6.61 Å². The summed E-state index contributed by atoms with van der Waals surface area (Å²) in [7, 11) is 0. The van der Waals surface area contributed by atoms with Crippen molar-refractivity contribution in [3.05, 3.63) is 35.6 Å². The quantitative estimate of drug-likeness (QED) is 0.836. The lowest BCUT2D eigenvalue weighted by Crippen LogP contribution is -2.38. The number of aryl methyl sites for hydroxylation is 1. The Balaban J connectivity index is 1.74. The summed E-state index contributed by atoms with van der Waals surface area (Å²) >= 11 is 0. The van der Waals surface area contributed by atoms with Gasteiger partial charge in [-0.05, 0) is 38.3 Å². The van der Waals surface area contributed by atoms with Gasteiger partial charge in [-0.15, -0.1) is 0 Å². The van der Waals surface area contributed by atoms with Crippen LogP contribution in [0.25, 0.3) is 11.0 Å². The molecular formula is C17H21NO3. The minimum atomic E-state index is -0.197. The average Bonchev–Trinajstić information content (AvgIpc) is 2.85. The molecule has 0 bridgehead atoms. The van der Waals surface area contributed by atoms with Crippen molar-refractivity contribution in [3.63, 3.8) is 0 Å². The van der Waals surface area contributed by atoms with Crippen LogP contribution in [0.1, 0.15) is 37.0 Å². The predicted molar refractivity (Wildman–Crippen MR) is 81.5 cm³/mol. The van der Waals surface area contributed by atoms with Crippen LogP contribution in [-0.4, -0.2) is 30.7 Å². The number of piperidine rings is 1. The van der Waals surface area contributed by atoms with Crippen LogP contribution >= 0.6 is 0 Å². The molecule has 1 fully saturated rings. The van der Waals surface area contributed by atoms with Crippen LogP contribution in [0.15, 0.2) is 28.7 Å². The molecule has 1 saturated heterocycles. The molecule has 1 aromatic carbocycles. The van der Waals surface area contributed by atoms with Gasteiger partial charge in [-0.25, -0.2) is 4.79 Å². The first-order chi connectivity index (χ1) is 10.2. The van der Waals surface area contributed by atoms with E-state index in [0.717, 1.165) is 37.3 Å². The molecule has 0 aliphatic carbocycles. The van der Waals surface area contributed by atoms with Gasteiger partial charge in [0.2, 0.25) is 0 Å². The first kappa shape index (κ1) is 14.0. The number of nitrogens with zero attached hydrogens (tertiary/aromatic N) is 1. The highest BCUT2D eigenvalue weighted by Gasteiger charge is 2.28. The van der Waals surface area contributed by atoms with E-state index in [1.54, 1.807) is 4.90 Å². The molecular weight excluding hydrogens is 266 g/mol. The molecule has 1 aromatic heterocycles. The van der Waals surface area contributed by atoms with E-state index in [1.807, 2.05) is 25.1 Å². The molecule has 2 heterocycles. The van der Waals surface area contributed by atoms with Crippen LogP contribution in [0.2, 0.25) is 0 Å². The molecule has 2 aromatic rings. The maximum absolute atomic E-state index is 11.7. The van der Waals surface area contributed by atoms with Crippen LogP contribution in [0.4, 0.5) is 4.79 Å². The van der Waals surface area contributed by atoms with Crippen molar-refractivity contribution in [1.82, 2.24) is 4.90 Å². The molecule has 4 heteroatoms. The maximum Gasteiger partial charge on any atom is 0.409 e. The number of rotatable bonds is 2. The van der Waals surface area contributed by atoms with Crippen LogP contribution in [0.3, 0.4) is 0 Å². The molecule has 1 aliphatic heterocycles. The molecule has 0 radical (unpaired) electrons. The Morgan fingerprint density at radius 2 is 2.05 bits per heavy atom. The first-order valence-corrected chi connectivity index (χ1v) is 7.60. The Morgan fingerprint density at radius 1 is 1.33 bits per heavy atom. The number of fused-ring (bicyclic) bond motifs is 1. The SMILES string of the molecule is CCOC(=O)N1CCC(c2oc3ccccc3c2C)CC1. The number of amides is 1. The van der Waals surface area contributed by atoms with E-state index in [-0.39, 0.29) is 6.09 Å². The third-order valence-electron chi connectivity index (χ3n) is 4.27. The summed E-state index contributed by atoms with van der Waals surface area (Å²) in [5.74, 6) is 1.47. The Labute approximate surface area is 124 Å². The Kier molecular flexibility index (Phi) is 3.86. The summed E-state index contributed by atoms with van der Waals surface area (Å²) in [6.07, 6.45) is 1.66. The molecule has 0 saturated carbocycles. The number of hydrogen-bond acceptors (Lipinski definition) is 3. The topological polar surface area (TPSA) is 42.7 Å². The monoisotopic (exact) mass is 287 g/mol. The third-order valence-corrected chi connectivity index (χ3v) is 4.27. The number of para-hydroxylation sites is 1. The molecule has 0 atom stereocenters. The number of ether oxygens (including phenoxy) is 1. The largest absolute Gasteiger partial charge is 0.460 e. The highest BCUT2D eigenvalue weighted by Crippen LogP contribution is 2.35. The molecule has 1 amide bonds. The van der Waals surface area contributed by atoms with Crippen LogP contribution in [-0.2, 0) is 4.74 Å². The van der Waals surface area contributed by atoms with E-state index in [1.165, 1.54) is 10.9 Å². The molecule has 0 N–H and O–H groups in total. The predicted octanol–water partition coefficient (Wildman–Crippen LogP) is 4.08. The Hall–Kier alpha value is -1.97. The minimum Gasteiger partial charge on any atom is -0.460 e. The highest BCUT2D eigenvalue weighted by atomic mass is 16.6. The van der Waals surface area contributed by atoms with Gasteiger partial charge in [0.1, 0.15) is 11.3 Å². The van der Waals surface area contributed by atoms with Crippen molar-refractivity contribution in [2.75, 3.05) is 19.7 Å². The Morgan fingerprint density at radius 3 is 2.71 bits per heavy atom. The molecule has 112 valence electrons. The second-order valence-corrected chi connectivity index (χ2v) is 5.55. The number of furan rings is 1. The average molecular weight is 287 g/mol. The van der Waals surface area contributed by atoms with Crippen LogP contribution < -0.4 is 0 Å². The molecule has 1 aliphatic rings. The fourth-order valence-corrected chi connectivity index (χ4v) is 3.12. The normalized spacial score (nSPS) is 16.4. The van der Waals surface area contributed by atoms with E-state index in [4.69, 9.17) is 9.15 Å². The second kappa shape index (κ2) is 5.80. The van der Waals surface area contributed by atoms with Crippen molar-refractivity contribution in [1.29, 1.82) is 0 Å². The second-order valence-electron chi connectivity index (χ2n) is 5.55. The van der Waals surface area contributed by atoms with Gasteiger partial charge in [-0.3, -0.25) is 0 Å². The van der Waals surface area contributed by atoms with Crippen molar-refractivity contribution in [2.24, 2.45) is 0 Å². The molecule has 0 spiro atoms. The summed E-state index contributed by atoms with van der Waals surface area (Å²) < 4.78 is 11.1. The van der Waals surface area contributed by atoms with Gasteiger partial charge < -0.3 is 14.1 Å². The lowest BCUT2D eigenvalue weighted by molar-refractivity contribution is 0.0958. The van der Waals surface area contributed by atoms with Crippen LogP contribution in [0, 0.1) is 6.92 Å². The maximum atomic E-state index is 11.7. The zero-order valence-corrected chi connectivity index (χ0v) is 12.6. The van der Waals surface area contributed by atoms with Crippen molar-refractivity contribution in [2.45, 2.75) is 32.6 Å². The number of benzene rings is 1. The van der Waals surface area contributed by atoms with Crippen molar-refractivity contribution >= 4 is 17.1 Å². The van der Waals surface area contributed by atoms with Crippen molar-refractivity contribution < 1.29 is 13.9 Å². The zero-order valence-electron chi connectivity index (χ0n) is 12.6. The summed E-state index contributed by atoms with van der Waals surface area (Å²) in [6, 6.07) is 8.15. The third kappa shape index (κ3) is 2.62. The summed E-state index contributed by atoms with van der Waals surface area (Å²) in [6.45, 7) is 5.86. The van der Waals surface area contributed by atoms with E-state index >= 15 is 0 Å². The number of hydrogen-bond donors (Lipinski definition) is 0. The zero-order chi connectivity index (χ0) is 14.8. The number of likely N-dealkylation sites (tertiary alicyclic amines) is 1. The van der Waals surface area contributed by atoms with E-state index < -0.39 is 0 Å². The summed E-state index contributed by atoms with van der Waals surface area (Å²) in [5.41, 5.74) is 2.19. The van der Waals surface area contributed by atoms with Gasteiger partial charge >= 0.3 is 6.09 Å².